The number of sulfone groups is 1. The molecule has 0 saturated heterocycles. The Kier molecular flexibility index (Phi) is 4.45. The van der Waals surface area contributed by atoms with Gasteiger partial charge < -0.3 is 0 Å². The van der Waals surface area contributed by atoms with E-state index in [4.69, 9.17) is 0 Å². The molecule has 4 rings (SSSR count). The van der Waals surface area contributed by atoms with Crippen LogP contribution in [0.2, 0.25) is 0 Å². The van der Waals surface area contributed by atoms with Crippen LogP contribution in [0.25, 0.3) is 10.8 Å². The lowest BCUT2D eigenvalue weighted by Crippen LogP contribution is -2.23. The topological polar surface area (TPSA) is 128 Å². The number of hydrogen-bond acceptors (Lipinski definition) is 7. The second-order valence-electron chi connectivity index (χ2n) is 6.20. The normalized spacial score (nSPS) is 12.1. The zero-order chi connectivity index (χ0) is 20.8. The molecule has 0 radical (unpaired) electrons. The van der Waals surface area contributed by atoms with E-state index in [9.17, 15) is 22.0 Å². The lowest BCUT2D eigenvalue weighted by atomic mass is 10.2. The lowest BCUT2D eigenvalue weighted by Gasteiger charge is -2.06. The van der Waals surface area contributed by atoms with Crippen LogP contribution < -0.4 is 5.56 Å². The molecule has 13 heteroatoms. The zero-order valence-electron chi connectivity index (χ0n) is 14.8. The van der Waals surface area contributed by atoms with E-state index in [1.807, 2.05) is 6.92 Å². The maximum absolute atomic E-state index is 12.7. The number of nitrogens with zero attached hydrogens (tertiary/aromatic N) is 6. The second kappa shape index (κ2) is 6.84. The average Bonchev–Trinajstić information content (AvgIpc) is 3.33. The van der Waals surface area contributed by atoms with Gasteiger partial charge in [0.2, 0.25) is 9.84 Å². The molecule has 0 atom stereocenters. The summed E-state index contributed by atoms with van der Waals surface area (Å²) >= 11 is 0. The summed E-state index contributed by atoms with van der Waals surface area (Å²) < 4.78 is 52.0. The van der Waals surface area contributed by atoms with Gasteiger partial charge in [-0.1, -0.05) is 0 Å². The van der Waals surface area contributed by atoms with Gasteiger partial charge in [0, 0.05) is 17.3 Å². The quantitative estimate of drug-likeness (QED) is 0.514. The van der Waals surface area contributed by atoms with Crippen LogP contribution in [-0.4, -0.2) is 43.2 Å². The van der Waals surface area contributed by atoms with E-state index in [2.05, 4.69) is 25.4 Å². The molecular weight excluding hydrogens is 408 g/mol. The first-order chi connectivity index (χ1) is 13.8. The van der Waals surface area contributed by atoms with Crippen molar-refractivity contribution in [1.82, 2.24) is 34.7 Å². The molecule has 0 unspecified atom stereocenters. The zero-order valence-corrected chi connectivity index (χ0v) is 15.6. The predicted octanol–water partition coefficient (Wildman–Crippen LogP) is 1.30. The van der Waals surface area contributed by atoms with Crippen LogP contribution in [0.3, 0.4) is 0 Å². The fourth-order valence-electron chi connectivity index (χ4n) is 2.71. The molecule has 0 fully saturated rings. The molecule has 4 aromatic heterocycles. The number of alkyl halides is 2. The van der Waals surface area contributed by atoms with Crippen molar-refractivity contribution in [2.45, 2.75) is 29.9 Å². The van der Waals surface area contributed by atoms with Gasteiger partial charge in [-0.15, -0.1) is 0 Å². The van der Waals surface area contributed by atoms with Crippen LogP contribution in [0.5, 0.6) is 0 Å². The summed E-state index contributed by atoms with van der Waals surface area (Å²) in [7, 11) is -4.19. The first kappa shape index (κ1) is 18.9. The Labute approximate surface area is 161 Å². The Morgan fingerprint density at radius 3 is 2.62 bits per heavy atom. The van der Waals surface area contributed by atoms with E-state index >= 15 is 0 Å². The molecule has 150 valence electrons. The fraction of sp³-hybridized carbons (Fsp3) is 0.188. The Bertz CT molecular complexity index is 1370. The van der Waals surface area contributed by atoms with E-state index in [-0.39, 0.29) is 22.0 Å². The summed E-state index contributed by atoms with van der Waals surface area (Å²) in [4.78, 5) is 16.0. The number of fused-ring (bicyclic) bond motifs is 1. The highest BCUT2D eigenvalue weighted by Gasteiger charge is 2.23. The third-order valence-corrected chi connectivity index (χ3v) is 5.75. The molecule has 29 heavy (non-hydrogen) atoms. The first-order valence-corrected chi connectivity index (χ1v) is 9.68. The molecule has 0 bridgehead atoms. The molecule has 0 spiro atoms. The van der Waals surface area contributed by atoms with E-state index in [1.165, 1.54) is 16.9 Å². The van der Waals surface area contributed by atoms with Crippen molar-refractivity contribution in [3.8, 4) is 0 Å². The fourth-order valence-corrected chi connectivity index (χ4v) is 3.86. The van der Waals surface area contributed by atoms with Gasteiger partial charge in [-0.3, -0.25) is 9.89 Å². The van der Waals surface area contributed by atoms with Crippen molar-refractivity contribution in [3.63, 3.8) is 0 Å². The van der Waals surface area contributed by atoms with E-state index in [1.54, 1.807) is 6.07 Å². The smallest absolute Gasteiger partial charge is 0.283 e. The third-order valence-electron chi connectivity index (χ3n) is 4.15. The highest BCUT2D eigenvalue weighted by Crippen LogP contribution is 2.22. The number of aryl methyl sites for hydroxylation is 1. The summed E-state index contributed by atoms with van der Waals surface area (Å²) in [6.45, 7) is -1.01. The number of aromatic amines is 1. The van der Waals surface area contributed by atoms with Crippen LogP contribution in [0.1, 0.15) is 17.9 Å². The van der Waals surface area contributed by atoms with Crippen molar-refractivity contribution in [2.24, 2.45) is 0 Å². The van der Waals surface area contributed by atoms with E-state index < -0.39 is 31.9 Å². The number of hydrogen-bond donors (Lipinski definition) is 1. The molecule has 1 N–H and O–H groups in total. The molecule has 0 aliphatic rings. The standard InChI is InChI=1S/C16H13F2N7O3S/c1-9-2-11(23-22-9)7-24-15(26)13-6-19-14(3-10(13)4-20-24)29(27,28)12-5-21-25(8-12)16(17)18/h2-6,8,16H,7H2,1H3,(H,22,23). The van der Waals surface area contributed by atoms with Crippen molar-refractivity contribution in [1.29, 1.82) is 0 Å². The first-order valence-electron chi connectivity index (χ1n) is 8.20. The molecule has 0 aliphatic carbocycles. The van der Waals surface area contributed by atoms with Crippen LogP contribution in [0, 0.1) is 6.92 Å². The minimum atomic E-state index is -4.19. The molecular formula is C16H13F2N7O3S. The van der Waals surface area contributed by atoms with Crippen molar-refractivity contribution in [2.75, 3.05) is 0 Å². The summed E-state index contributed by atoms with van der Waals surface area (Å²) in [6.07, 6.45) is 3.99. The molecule has 4 aromatic rings. The molecule has 10 nitrogen and oxygen atoms in total. The van der Waals surface area contributed by atoms with Gasteiger partial charge in [0.1, 0.15) is 4.90 Å². The van der Waals surface area contributed by atoms with Crippen LogP contribution >= 0.6 is 0 Å². The summed E-state index contributed by atoms with van der Waals surface area (Å²) in [5.41, 5.74) is 0.977. The number of pyridine rings is 1. The van der Waals surface area contributed by atoms with Gasteiger partial charge in [0.05, 0.1) is 36.2 Å². The Morgan fingerprint density at radius 1 is 1.17 bits per heavy atom. The number of nitrogens with one attached hydrogen (secondary N) is 1. The summed E-state index contributed by atoms with van der Waals surface area (Å²) in [5.74, 6) is 0. The highest BCUT2D eigenvalue weighted by atomic mass is 32.2. The molecule has 0 saturated carbocycles. The molecule has 0 amide bonds. The van der Waals surface area contributed by atoms with Crippen LogP contribution in [0.15, 0.2) is 51.6 Å². The van der Waals surface area contributed by atoms with Gasteiger partial charge >= 0.3 is 6.55 Å². The second-order valence-corrected chi connectivity index (χ2v) is 8.09. The van der Waals surface area contributed by atoms with E-state index in [0.717, 1.165) is 18.1 Å². The van der Waals surface area contributed by atoms with Gasteiger partial charge in [0.15, 0.2) is 5.03 Å². The van der Waals surface area contributed by atoms with Gasteiger partial charge in [-0.25, -0.2) is 22.8 Å². The average molecular weight is 421 g/mol. The van der Waals surface area contributed by atoms with Gasteiger partial charge in [0.25, 0.3) is 5.56 Å². The number of rotatable bonds is 5. The van der Waals surface area contributed by atoms with Crippen molar-refractivity contribution >= 4 is 20.6 Å². The lowest BCUT2D eigenvalue weighted by molar-refractivity contribution is 0.0564. The monoisotopic (exact) mass is 421 g/mol. The largest absolute Gasteiger partial charge is 0.333 e. The van der Waals surface area contributed by atoms with Crippen molar-refractivity contribution < 1.29 is 17.2 Å². The van der Waals surface area contributed by atoms with E-state index in [0.29, 0.717) is 11.9 Å². The Hall–Kier alpha value is -3.48. The Balaban J connectivity index is 1.72. The number of aromatic nitrogens is 7. The Morgan fingerprint density at radius 2 is 1.97 bits per heavy atom. The molecule has 4 heterocycles. The van der Waals surface area contributed by atoms with Gasteiger partial charge in [-0.2, -0.15) is 24.1 Å². The predicted molar refractivity (Wildman–Crippen MR) is 95.2 cm³/mol. The molecule has 0 aromatic carbocycles. The van der Waals surface area contributed by atoms with Gasteiger partial charge in [-0.05, 0) is 19.1 Å². The third kappa shape index (κ3) is 3.40. The summed E-state index contributed by atoms with van der Waals surface area (Å²) in [5, 5.41) is 14.2. The summed E-state index contributed by atoms with van der Waals surface area (Å²) in [6, 6.07) is 2.94. The highest BCUT2D eigenvalue weighted by molar-refractivity contribution is 7.91. The maximum atomic E-state index is 12.7. The minimum Gasteiger partial charge on any atom is -0.283 e. The maximum Gasteiger partial charge on any atom is 0.333 e. The minimum absolute atomic E-state index is 0.131. The van der Waals surface area contributed by atoms with Crippen LogP contribution in [-0.2, 0) is 16.4 Å². The number of halogens is 2. The number of H-pyrrole nitrogens is 1. The molecule has 0 aliphatic heterocycles. The van der Waals surface area contributed by atoms with Crippen LogP contribution in [0.4, 0.5) is 8.78 Å². The SMILES string of the molecule is Cc1cc(Cn2ncc3cc(S(=O)(=O)c4cnn(C(F)F)c4)ncc3c2=O)n[nH]1. The van der Waals surface area contributed by atoms with Crippen molar-refractivity contribution in [3.05, 3.63) is 58.7 Å².